The molecule has 0 aromatic heterocycles. The van der Waals surface area contributed by atoms with E-state index in [4.69, 9.17) is 4.74 Å². The Morgan fingerprint density at radius 2 is 1.92 bits per heavy atom. The first-order valence-corrected chi connectivity index (χ1v) is 8.63. The highest BCUT2D eigenvalue weighted by atomic mass is 19.1. The zero-order chi connectivity index (χ0) is 18.5. The van der Waals surface area contributed by atoms with E-state index in [0.29, 0.717) is 30.0 Å². The number of hydrogen-bond donors (Lipinski definition) is 1. The predicted octanol–water partition coefficient (Wildman–Crippen LogP) is 2.69. The topological polar surface area (TPSA) is 58.6 Å². The number of hydrogen-bond acceptors (Lipinski definition) is 3. The molecule has 1 aliphatic rings. The van der Waals surface area contributed by atoms with Gasteiger partial charge < -0.3 is 15.0 Å². The molecule has 6 heteroatoms. The second-order valence-electron chi connectivity index (χ2n) is 6.16. The summed E-state index contributed by atoms with van der Waals surface area (Å²) in [6, 6.07) is 13.8. The summed E-state index contributed by atoms with van der Waals surface area (Å²) in [7, 11) is 0. The molecule has 5 nitrogen and oxygen atoms in total. The zero-order valence-corrected chi connectivity index (χ0v) is 14.6. The molecule has 0 aliphatic carbocycles. The molecule has 3 rings (SSSR count). The number of ether oxygens (including phenoxy) is 1. The van der Waals surface area contributed by atoms with Crippen molar-refractivity contribution in [2.24, 2.45) is 0 Å². The van der Waals surface area contributed by atoms with Gasteiger partial charge in [-0.1, -0.05) is 30.3 Å². The summed E-state index contributed by atoms with van der Waals surface area (Å²) in [6.45, 7) is 2.32. The Labute approximate surface area is 151 Å². The Hall–Kier alpha value is -2.89. The van der Waals surface area contributed by atoms with Crippen molar-refractivity contribution in [3.63, 3.8) is 0 Å². The third-order valence-electron chi connectivity index (χ3n) is 4.31. The highest BCUT2D eigenvalue weighted by molar-refractivity contribution is 6.00. The highest BCUT2D eigenvalue weighted by Crippen LogP contribution is 2.33. The molecular formula is C20H21FN2O3. The van der Waals surface area contributed by atoms with E-state index in [2.05, 4.69) is 5.32 Å². The van der Waals surface area contributed by atoms with E-state index in [1.54, 1.807) is 42.2 Å². The van der Waals surface area contributed by atoms with Crippen molar-refractivity contribution in [1.82, 2.24) is 5.32 Å². The number of carbonyl (C=O) groups excluding carboxylic acids is 2. The molecule has 1 aliphatic heterocycles. The summed E-state index contributed by atoms with van der Waals surface area (Å²) in [5, 5.41) is 2.77. The first-order chi connectivity index (χ1) is 12.6. The van der Waals surface area contributed by atoms with Crippen LogP contribution in [0.3, 0.4) is 0 Å². The molecule has 0 bridgehead atoms. The SMILES string of the molecule is CC1Oc2ccccc2N(CCC(=O)NCCc2ccccc2F)C1=O. The van der Waals surface area contributed by atoms with Gasteiger partial charge in [-0.3, -0.25) is 9.59 Å². The van der Waals surface area contributed by atoms with Crippen molar-refractivity contribution < 1.29 is 18.7 Å². The van der Waals surface area contributed by atoms with Gasteiger partial charge in [0.15, 0.2) is 6.10 Å². The molecular weight excluding hydrogens is 335 g/mol. The second-order valence-corrected chi connectivity index (χ2v) is 6.16. The van der Waals surface area contributed by atoms with E-state index in [1.807, 2.05) is 12.1 Å². The van der Waals surface area contributed by atoms with Crippen LogP contribution in [0.2, 0.25) is 0 Å². The molecule has 1 N–H and O–H groups in total. The number of fused-ring (bicyclic) bond motifs is 1. The van der Waals surface area contributed by atoms with Gasteiger partial charge in [-0.2, -0.15) is 0 Å². The smallest absolute Gasteiger partial charge is 0.267 e. The summed E-state index contributed by atoms with van der Waals surface area (Å²) in [5.74, 6) is 0.0273. The van der Waals surface area contributed by atoms with E-state index in [9.17, 15) is 14.0 Å². The summed E-state index contributed by atoms with van der Waals surface area (Å²) < 4.78 is 19.1. The number of benzene rings is 2. The standard InChI is InChI=1S/C20H21FN2O3/c1-14-20(25)23(17-8-4-5-9-18(17)26-14)13-11-19(24)22-12-10-15-6-2-3-7-16(15)21/h2-9,14H,10-13H2,1H3,(H,22,24). The minimum atomic E-state index is -0.575. The van der Waals surface area contributed by atoms with Gasteiger partial charge in [0, 0.05) is 19.5 Å². The monoisotopic (exact) mass is 356 g/mol. The van der Waals surface area contributed by atoms with E-state index in [0.717, 1.165) is 0 Å². The van der Waals surface area contributed by atoms with Gasteiger partial charge in [0.05, 0.1) is 5.69 Å². The quantitative estimate of drug-likeness (QED) is 0.866. The molecule has 2 aromatic carbocycles. The molecule has 0 fully saturated rings. The summed E-state index contributed by atoms with van der Waals surface area (Å²) >= 11 is 0. The number of nitrogens with one attached hydrogen (secondary N) is 1. The van der Waals surface area contributed by atoms with Crippen molar-refractivity contribution in [2.45, 2.75) is 25.9 Å². The number of halogens is 1. The van der Waals surface area contributed by atoms with E-state index in [-0.39, 0.29) is 30.6 Å². The molecule has 0 saturated carbocycles. The molecule has 0 radical (unpaired) electrons. The molecule has 2 amide bonds. The van der Waals surface area contributed by atoms with Crippen molar-refractivity contribution >= 4 is 17.5 Å². The Balaban J connectivity index is 1.53. The maximum Gasteiger partial charge on any atom is 0.267 e. The second kappa shape index (κ2) is 7.99. The third kappa shape index (κ3) is 4.02. The third-order valence-corrected chi connectivity index (χ3v) is 4.31. The lowest BCUT2D eigenvalue weighted by atomic mass is 10.1. The van der Waals surface area contributed by atoms with Crippen LogP contribution in [-0.4, -0.2) is 31.0 Å². The molecule has 1 heterocycles. The Bertz CT molecular complexity index is 809. The fourth-order valence-electron chi connectivity index (χ4n) is 2.93. The average Bonchev–Trinajstić information content (AvgIpc) is 2.64. The lowest BCUT2D eigenvalue weighted by Gasteiger charge is -2.32. The fraction of sp³-hybridized carbons (Fsp3) is 0.300. The van der Waals surface area contributed by atoms with Crippen molar-refractivity contribution in [3.8, 4) is 5.75 Å². The number of para-hydroxylation sites is 2. The molecule has 136 valence electrons. The number of nitrogens with zero attached hydrogens (tertiary/aromatic N) is 1. The zero-order valence-electron chi connectivity index (χ0n) is 14.6. The largest absolute Gasteiger partial charge is 0.479 e. The summed E-state index contributed by atoms with van der Waals surface area (Å²) in [4.78, 5) is 26.0. The van der Waals surface area contributed by atoms with Crippen molar-refractivity contribution in [1.29, 1.82) is 0 Å². The number of rotatable bonds is 6. The van der Waals surface area contributed by atoms with Crippen LogP contribution in [0.5, 0.6) is 5.75 Å². The number of amides is 2. The first kappa shape index (κ1) is 17.9. The molecule has 1 unspecified atom stereocenters. The van der Waals surface area contributed by atoms with Crippen LogP contribution >= 0.6 is 0 Å². The first-order valence-electron chi connectivity index (χ1n) is 8.63. The van der Waals surface area contributed by atoms with Gasteiger partial charge in [0.2, 0.25) is 5.91 Å². The lowest BCUT2D eigenvalue weighted by Crippen LogP contribution is -2.45. The lowest BCUT2D eigenvalue weighted by molar-refractivity contribution is -0.125. The van der Waals surface area contributed by atoms with Crippen LogP contribution in [0.4, 0.5) is 10.1 Å². The van der Waals surface area contributed by atoms with Crippen LogP contribution in [0, 0.1) is 5.82 Å². The van der Waals surface area contributed by atoms with Crippen LogP contribution in [-0.2, 0) is 16.0 Å². The Morgan fingerprint density at radius 3 is 2.73 bits per heavy atom. The van der Waals surface area contributed by atoms with Crippen molar-refractivity contribution in [3.05, 3.63) is 59.9 Å². The maximum atomic E-state index is 13.6. The number of carbonyl (C=O) groups is 2. The van der Waals surface area contributed by atoms with Crippen molar-refractivity contribution in [2.75, 3.05) is 18.0 Å². The molecule has 2 aromatic rings. The number of anilines is 1. The summed E-state index contributed by atoms with van der Waals surface area (Å²) in [6.07, 6.45) is 0.0211. The highest BCUT2D eigenvalue weighted by Gasteiger charge is 2.31. The van der Waals surface area contributed by atoms with E-state index in [1.165, 1.54) is 6.07 Å². The van der Waals surface area contributed by atoms with Crippen LogP contribution in [0.25, 0.3) is 0 Å². The van der Waals surface area contributed by atoms with Crippen LogP contribution < -0.4 is 15.0 Å². The Kier molecular flexibility index (Phi) is 5.51. The van der Waals surface area contributed by atoms with Crippen LogP contribution in [0.15, 0.2) is 48.5 Å². The minimum Gasteiger partial charge on any atom is -0.479 e. The van der Waals surface area contributed by atoms with Crippen LogP contribution in [0.1, 0.15) is 18.9 Å². The molecule has 1 atom stereocenters. The van der Waals surface area contributed by atoms with E-state index >= 15 is 0 Å². The van der Waals surface area contributed by atoms with E-state index < -0.39 is 6.10 Å². The normalized spacial score (nSPS) is 16.0. The predicted molar refractivity (Wildman–Crippen MR) is 96.6 cm³/mol. The van der Waals surface area contributed by atoms with Gasteiger partial charge in [-0.05, 0) is 37.1 Å². The molecule has 0 spiro atoms. The van der Waals surface area contributed by atoms with Gasteiger partial charge in [-0.15, -0.1) is 0 Å². The van der Waals surface area contributed by atoms with Gasteiger partial charge in [-0.25, -0.2) is 4.39 Å². The summed E-state index contributed by atoms with van der Waals surface area (Å²) in [5.41, 5.74) is 1.24. The maximum absolute atomic E-state index is 13.6. The average molecular weight is 356 g/mol. The fourth-order valence-corrected chi connectivity index (χ4v) is 2.93. The van der Waals surface area contributed by atoms with Gasteiger partial charge >= 0.3 is 0 Å². The van der Waals surface area contributed by atoms with Gasteiger partial charge in [0.1, 0.15) is 11.6 Å². The molecule has 26 heavy (non-hydrogen) atoms. The van der Waals surface area contributed by atoms with Gasteiger partial charge in [0.25, 0.3) is 5.91 Å². The molecule has 0 saturated heterocycles. The Morgan fingerprint density at radius 1 is 1.19 bits per heavy atom. The minimum absolute atomic E-state index is 0.164.